The molecule has 0 unspecified atom stereocenters. The summed E-state index contributed by atoms with van der Waals surface area (Å²) < 4.78 is 0. The van der Waals surface area contributed by atoms with Crippen LogP contribution in [-0.2, 0) is 0 Å². The molecule has 62 valence electrons. The SMILES string of the molecule is CC.Cc1ccc(OO)cc1. The second-order valence-corrected chi connectivity index (χ2v) is 1.90. The Morgan fingerprint density at radius 2 is 1.55 bits per heavy atom. The number of aryl methyl sites for hydroxylation is 1. The predicted octanol–water partition coefficient (Wildman–Crippen LogP) is 2.87. The zero-order chi connectivity index (χ0) is 8.69. The average molecular weight is 154 g/mol. The first kappa shape index (κ1) is 9.98. The Bertz CT molecular complexity index is 179. The summed E-state index contributed by atoms with van der Waals surface area (Å²) in [7, 11) is 0. The molecule has 0 saturated carbocycles. The largest absolute Gasteiger partial charge is 0.340 e. The summed E-state index contributed by atoms with van der Waals surface area (Å²) in [5.74, 6) is 0.473. The Balaban J connectivity index is 0.000000461. The molecule has 1 aromatic rings. The van der Waals surface area contributed by atoms with Gasteiger partial charge in [0, 0.05) is 0 Å². The standard InChI is InChI=1S/C7H8O2.C2H6/c1-6-2-4-7(9-8)5-3-6;1-2/h2-5,8H,1H3;1-2H3. The molecule has 1 rings (SSSR count). The number of hydrogen-bond acceptors (Lipinski definition) is 2. The van der Waals surface area contributed by atoms with Crippen LogP contribution in [0, 0.1) is 6.92 Å². The van der Waals surface area contributed by atoms with Crippen molar-refractivity contribution in [2.45, 2.75) is 20.8 Å². The van der Waals surface area contributed by atoms with Crippen LogP contribution in [0.5, 0.6) is 5.75 Å². The van der Waals surface area contributed by atoms with Gasteiger partial charge in [-0.15, -0.1) is 0 Å². The molecule has 0 atom stereocenters. The van der Waals surface area contributed by atoms with Crippen LogP contribution in [0.1, 0.15) is 19.4 Å². The first-order chi connectivity index (χ1) is 5.33. The van der Waals surface area contributed by atoms with Crippen LogP contribution in [0.3, 0.4) is 0 Å². The van der Waals surface area contributed by atoms with Gasteiger partial charge in [-0.1, -0.05) is 31.5 Å². The fourth-order valence-corrected chi connectivity index (χ4v) is 0.599. The molecule has 1 aromatic carbocycles. The van der Waals surface area contributed by atoms with Crippen molar-refractivity contribution in [2.75, 3.05) is 0 Å². The van der Waals surface area contributed by atoms with Crippen molar-refractivity contribution in [1.29, 1.82) is 0 Å². The lowest BCUT2D eigenvalue weighted by atomic mass is 10.2. The third-order valence-corrected chi connectivity index (χ3v) is 1.13. The molecule has 1 N–H and O–H groups in total. The maximum absolute atomic E-state index is 8.13. The van der Waals surface area contributed by atoms with Crippen molar-refractivity contribution in [2.24, 2.45) is 0 Å². The highest BCUT2D eigenvalue weighted by Gasteiger charge is 1.87. The monoisotopic (exact) mass is 154 g/mol. The van der Waals surface area contributed by atoms with Gasteiger partial charge >= 0.3 is 0 Å². The average Bonchev–Trinajstić information content (AvgIpc) is 2.10. The van der Waals surface area contributed by atoms with E-state index in [2.05, 4.69) is 4.89 Å². The van der Waals surface area contributed by atoms with E-state index in [1.807, 2.05) is 32.9 Å². The van der Waals surface area contributed by atoms with E-state index in [1.165, 1.54) is 0 Å². The van der Waals surface area contributed by atoms with E-state index in [4.69, 9.17) is 5.26 Å². The minimum Gasteiger partial charge on any atom is -0.340 e. The lowest BCUT2D eigenvalue weighted by molar-refractivity contribution is -0.137. The van der Waals surface area contributed by atoms with Crippen molar-refractivity contribution in [3.8, 4) is 5.75 Å². The second kappa shape index (κ2) is 5.74. The van der Waals surface area contributed by atoms with E-state index in [0.29, 0.717) is 5.75 Å². The fraction of sp³-hybridized carbons (Fsp3) is 0.333. The smallest absolute Gasteiger partial charge is 0.165 e. The van der Waals surface area contributed by atoms with Gasteiger partial charge in [-0.25, -0.2) is 5.26 Å². The number of rotatable bonds is 1. The van der Waals surface area contributed by atoms with Crippen molar-refractivity contribution >= 4 is 0 Å². The lowest BCUT2D eigenvalue weighted by Crippen LogP contribution is -1.81. The third-order valence-electron chi connectivity index (χ3n) is 1.13. The van der Waals surface area contributed by atoms with Crippen molar-refractivity contribution < 1.29 is 10.1 Å². The van der Waals surface area contributed by atoms with Gasteiger partial charge in [-0.2, -0.15) is 0 Å². The highest BCUT2D eigenvalue weighted by atomic mass is 17.1. The minimum absolute atomic E-state index is 0.473. The fourth-order valence-electron chi connectivity index (χ4n) is 0.599. The van der Waals surface area contributed by atoms with Crippen LogP contribution in [0.4, 0.5) is 0 Å². The third kappa shape index (κ3) is 3.63. The maximum atomic E-state index is 8.13. The maximum Gasteiger partial charge on any atom is 0.165 e. The molecule has 0 fully saturated rings. The summed E-state index contributed by atoms with van der Waals surface area (Å²) in [6, 6.07) is 7.14. The molecular formula is C9H14O2. The van der Waals surface area contributed by atoms with Gasteiger partial charge in [0.1, 0.15) is 0 Å². The summed E-state index contributed by atoms with van der Waals surface area (Å²) >= 11 is 0. The van der Waals surface area contributed by atoms with E-state index in [0.717, 1.165) is 5.56 Å². The molecule has 0 saturated heterocycles. The summed E-state index contributed by atoms with van der Waals surface area (Å²) in [6.45, 7) is 5.97. The summed E-state index contributed by atoms with van der Waals surface area (Å²) in [6.07, 6.45) is 0. The molecule has 0 spiro atoms. The van der Waals surface area contributed by atoms with Gasteiger partial charge < -0.3 is 4.89 Å². The molecule has 0 bridgehead atoms. The molecule has 0 aliphatic carbocycles. The van der Waals surface area contributed by atoms with E-state index in [9.17, 15) is 0 Å². The minimum atomic E-state index is 0.473. The van der Waals surface area contributed by atoms with Crippen LogP contribution in [0.2, 0.25) is 0 Å². The molecule has 2 nitrogen and oxygen atoms in total. The zero-order valence-electron chi connectivity index (χ0n) is 7.16. The molecule has 2 heteroatoms. The summed E-state index contributed by atoms with van der Waals surface area (Å²) in [5.41, 5.74) is 1.15. The highest BCUT2D eigenvalue weighted by Crippen LogP contribution is 2.09. The number of hydrogen-bond donors (Lipinski definition) is 1. The Morgan fingerprint density at radius 1 is 1.09 bits per heavy atom. The molecule has 0 heterocycles. The van der Waals surface area contributed by atoms with Crippen molar-refractivity contribution in [3.63, 3.8) is 0 Å². The quantitative estimate of drug-likeness (QED) is 0.498. The van der Waals surface area contributed by atoms with Crippen LogP contribution in [-0.4, -0.2) is 5.26 Å². The Kier molecular flexibility index (Phi) is 5.21. The second-order valence-electron chi connectivity index (χ2n) is 1.90. The van der Waals surface area contributed by atoms with E-state index >= 15 is 0 Å². The Labute approximate surface area is 67.4 Å². The van der Waals surface area contributed by atoms with Gasteiger partial charge in [0.15, 0.2) is 5.75 Å². The first-order valence-electron chi connectivity index (χ1n) is 3.71. The van der Waals surface area contributed by atoms with Gasteiger partial charge in [-0.3, -0.25) is 0 Å². The van der Waals surface area contributed by atoms with Crippen LogP contribution in [0.15, 0.2) is 24.3 Å². The van der Waals surface area contributed by atoms with Crippen molar-refractivity contribution in [3.05, 3.63) is 29.8 Å². The predicted molar refractivity (Wildman–Crippen MR) is 45.8 cm³/mol. The Morgan fingerprint density at radius 3 is 1.91 bits per heavy atom. The lowest BCUT2D eigenvalue weighted by Gasteiger charge is -1.94. The van der Waals surface area contributed by atoms with Gasteiger partial charge in [0.05, 0.1) is 0 Å². The molecule has 0 aromatic heterocycles. The van der Waals surface area contributed by atoms with Gasteiger partial charge in [0.2, 0.25) is 0 Å². The van der Waals surface area contributed by atoms with E-state index in [1.54, 1.807) is 12.1 Å². The Hall–Kier alpha value is -1.02. The first-order valence-corrected chi connectivity index (χ1v) is 3.71. The molecule has 11 heavy (non-hydrogen) atoms. The molecular weight excluding hydrogens is 140 g/mol. The van der Waals surface area contributed by atoms with Gasteiger partial charge in [0.25, 0.3) is 0 Å². The highest BCUT2D eigenvalue weighted by molar-refractivity contribution is 5.25. The normalized spacial score (nSPS) is 8.00. The summed E-state index contributed by atoms with van der Waals surface area (Å²) in [4.78, 5) is 3.97. The van der Waals surface area contributed by atoms with E-state index < -0.39 is 0 Å². The van der Waals surface area contributed by atoms with Crippen molar-refractivity contribution in [1.82, 2.24) is 0 Å². The summed E-state index contributed by atoms with van der Waals surface area (Å²) in [5, 5.41) is 8.13. The molecule has 0 radical (unpaired) electrons. The van der Waals surface area contributed by atoms with E-state index in [-0.39, 0.29) is 0 Å². The zero-order valence-corrected chi connectivity index (χ0v) is 7.16. The van der Waals surface area contributed by atoms with Crippen LogP contribution < -0.4 is 4.89 Å². The molecule has 0 aliphatic rings. The topological polar surface area (TPSA) is 29.5 Å². The molecule has 0 amide bonds. The molecule has 0 aliphatic heterocycles. The van der Waals surface area contributed by atoms with Crippen LogP contribution in [0.25, 0.3) is 0 Å². The van der Waals surface area contributed by atoms with Crippen LogP contribution >= 0.6 is 0 Å². The van der Waals surface area contributed by atoms with Gasteiger partial charge in [-0.05, 0) is 19.1 Å². The number of benzene rings is 1.